The van der Waals surface area contributed by atoms with Gasteiger partial charge >= 0.3 is 0 Å². The highest BCUT2D eigenvalue weighted by atomic mass is 16.3. The van der Waals surface area contributed by atoms with Crippen LogP contribution in [0.25, 0.3) is 0 Å². The maximum absolute atomic E-state index is 12.1. The molecule has 1 aliphatic rings. The second-order valence-corrected chi connectivity index (χ2v) is 6.00. The molecular weight excluding hydrogens is 304 g/mol. The van der Waals surface area contributed by atoms with Crippen LogP contribution in [0, 0.1) is 5.92 Å². The summed E-state index contributed by atoms with van der Waals surface area (Å²) in [5, 5.41) is 16.5. The minimum atomic E-state index is -1.21. The minimum absolute atomic E-state index is 0.128. The third-order valence-corrected chi connectivity index (χ3v) is 3.49. The molecule has 0 unspecified atom stereocenters. The molecular formula is C14H24N4O5. The molecule has 1 saturated heterocycles. The molecule has 1 heterocycles. The van der Waals surface area contributed by atoms with E-state index in [1.807, 2.05) is 13.8 Å². The molecule has 0 spiro atoms. The van der Waals surface area contributed by atoms with Crippen molar-refractivity contribution in [2.45, 2.75) is 51.2 Å². The average molecular weight is 328 g/mol. The molecule has 130 valence electrons. The maximum Gasteiger partial charge on any atom is 0.245 e. The summed E-state index contributed by atoms with van der Waals surface area (Å²) in [6.07, 6.45) is 0.930. The van der Waals surface area contributed by atoms with Gasteiger partial charge in [-0.2, -0.15) is 0 Å². The Hall–Kier alpha value is -2.16. The zero-order valence-corrected chi connectivity index (χ0v) is 13.3. The highest BCUT2D eigenvalue weighted by Crippen LogP contribution is 2.07. The number of carbonyl (C=O) groups is 4. The van der Waals surface area contributed by atoms with Crippen molar-refractivity contribution < 1.29 is 24.3 Å². The number of rotatable bonds is 8. The fourth-order valence-electron chi connectivity index (χ4n) is 2.27. The molecule has 1 aliphatic heterocycles. The van der Waals surface area contributed by atoms with Crippen LogP contribution in [0.1, 0.15) is 33.1 Å². The lowest BCUT2D eigenvalue weighted by molar-refractivity contribution is -0.133. The van der Waals surface area contributed by atoms with Gasteiger partial charge in [0.05, 0.1) is 6.61 Å². The zero-order valence-electron chi connectivity index (χ0n) is 13.3. The summed E-state index contributed by atoms with van der Waals surface area (Å²) in [6.45, 7) is 3.11. The third kappa shape index (κ3) is 5.85. The van der Waals surface area contributed by atoms with E-state index in [1.165, 1.54) is 0 Å². The molecule has 6 N–H and O–H groups in total. The fraction of sp³-hybridized carbons (Fsp3) is 0.714. The number of carbonyl (C=O) groups excluding carboxylic acids is 4. The summed E-state index contributed by atoms with van der Waals surface area (Å²) in [5.41, 5.74) is 5.24. The van der Waals surface area contributed by atoms with Crippen LogP contribution >= 0.6 is 0 Å². The van der Waals surface area contributed by atoms with Crippen molar-refractivity contribution in [2.75, 3.05) is 6.61 Å². The van der Waals surface area contributed by atoms with Crippen LogP contribution in [0.3, 0.4) is 0 Å². The van der Waals surface area contributed by atoms with Crippen LogP contribution in [0.4, 0.5) is 0 Å². The van der Waals surface area contributed by atoms with Crippen LogP contribution < -0.4 is 21.7 Å². The summed E-state index contributed by atoms with van der Waals surface area (Å²) in [4.78, 5) is 46.5. The fourth-order valence-corrected chi connectivity index (χ4v) is 2.27. The Kier molecular flexibility index (Phi) is 6.95. The Morgan fingerprint density at radius 2 is 1.96 bits per heavy atom. The van der Waals surface area contributed by atoms with Gasteiger partial charge < -0.3 is 26.8 Å². The first-order chi connectivity index (χ1) is 10.7. The van der Waals surface area contributed by atoms with E-state index in [0.29, 0.717) is 12.8 Å². The second-order valence-electron chi connectivity index (χ2n) is 6.00. The number of primary amides is 1. The second kappa shape index (κ2) is 8.47. The van der Waals surface area contributed by atoms with Crippen molar-refractivity contribution >= 4 is 23.6 Å². The molecule has 9 heteroatoms. The first-order valence-electron chi connectivity index (χ1n) is 7.54. The number of nitrogens with one attached hydrogen (secondary N) is 3. The molecule has 0 aromatic rings. The molecule has 9 nitrogen and oxygen atoms in total. The largest absolute Gasteiger partial charge is 0.394 e. The Morgan fingerprint density at radius 1 is 1.30 bits per heavy atom. The van der Waals surface area contributed by atoms with Gasteiger partial charge in [-0.1, -0.05) is 13.8 Å². The van der Waals surface area contributed by atoms with Gasteiger partial charge in [-0.25, -0.2) is 0 Å². The SMILES string of the molecule is CC(C)C[C@H](NC(=O)[C@@H](CO)NC(=O)[C@@H]1CCC(=O)N1)C(N)=O. The number of aliphatic hydroxyl groups excluding tert-OH is 1. The van der Waals surface area contributed by atoms with Gasteiger partial charge in [0.15, 0.2) is 0 Å². The molecule has 0 saturated carbocycles. The molecule has 3 atom stereocenters. The third-order valence-electron chi connectivity index (χ3n) is 3.49. The Balaban J connectivity index is 2.61. The molecule has 0 aromatic carbocycles. The van der Waals surface area contributed by atoms with Gasteiger partial charge in [0.1, 0.15) is 18.1 Å². The van der Waals surface area contributed by atoms with E-state index in [0.717, 1.165) is 0 Å². The highest BCUT2D eigenvalue weighted by molar-refractivity contribution is 5.95. The summed E-state index contributed by atoms with van der Waals surface area (Å²) < 4.78 is 0. The van der Waals surface area contributed by atoms with E-state index in [-0.39, 0.29) is 18.2 Å². The van der Waals surface area contributed by atoms with E-state index in [1.54, 1.807) is 0 Å². The predicted molar refractivity (Wildman–Crippen MR) is 80.8 cm³/mol. The Morgan fingerprint density at radius 3 is 2.39 bits per heavy atom. The van der Waals surface area contributed by atoms with E-state index in [9.17, 15) is 24.3 Å². The number of hydrogen-bond donors (Lipinski definition) is 5. The van der Waals surface area contributed by atoms with E-state index in [2.05, 4.69) is 16.0 Å². The summed E-state index contributed by atoms with van der Waals surface area (Å²) in [6, 6.07) is -2.80. The lowest BCUT2D eigenvalue weighted by Gasteiger charge is -2.22. The Bertz CT molecular complexity index is 480. The molecule has 0 radical (unpaired) electrons. The standard InChI is InChI=1S/C14H24N4O5/c1-7(2)5-9(12(15)21)17-14(23)10(6-19)18-13(22)8-3-4-11(20)16-8/h7-10,19H,3-6H2,1-2H3,(H2,15,21)(H,16,20)(H,17,23)(H,18,22)/t8-,9-,10+/m0/s1. The molecule has 23 heavy (non-hydrogen) atoms. The van der Waals surface area contributed by atoms with E-state index < -0.39 is 42.5 Å². The van der Waals surface area contributed by atoms with Gasteiger partial charge in [0, 0.05) is 6.42 Å². The van der Waals surface area contributed by atoms with Crippen LogP contribution in [0.15, 0.2) is 0 Å². The Labute approximate surface area is 134 Å². The van der Waals surface area contributed by atoms with E-state index >= 15 is 0 Å². The maximum atomic E-state index is 12.1. The van der Waals surface area contributed by atoms with Gasteiger partial charge in [-0.05, 0) is 18.8 Å². The predicted octanol–water partition coefficient (Wildman–Crippen LogP) is -2.24. The first-order valence-corrected chi connectivity index (χ1v) is 7.54. The van der Waals surface area contributed by atoms with Crippen LogP contribution in [-0.2, 0) is 19.2 Å². The average Bonchev–Trinajstić information content (AvgIpc) is 2.89. The minimum Gasteiger partial charge on any atom is -0.394 e. The van der Waals surface area contributed by atoms with Gasteiger partial charge in [0.2, 0.25) is 23.6 Å². The quantitative estimate of drug-likeness (QED) is 0.341. The summed E-state index contributed by atoms with van der Waals surface area (Å²) >= 11 is 0. The first kappa shape index (κ1) is 18.9. The van der Waals surface area contributed by atoms with Crippen molar-refractivity contribution in [3.05, 3.63) is 0 Å². The van der Waals surface area contributed by atoms with Crippen LogP contribution in [-0.4, -0.2) is 53.5 Å². The van der Waals surface area contributed by atoms with Crippen molar-refractivity contribution in [2.24, 2.45) is 11.7 Å². The lowest BCUT2D eigenvalue weighted by atomic mass is 10.0. The normalized spacial score (nSPS) is 19.8. The molecule has 1 rings (SSSR count). The summed E-state index contributed by atoms with van der Waals surface area (Å²) in [5.74, 6) is -2.04. The van der Waals surface area contributed by atoms with Crippen LogP contribution in [0.5, 0.6) is 0 Å². The van der Waals surface area contributed by atoms with Gasteiger partial charge in [-0.15, -0.1) is 0 Å². The number of aliphatic hydroxyl groups is 1. The van der Waals surface area contributed by atoms with Gasteiger partial charge in [0.25, 0.3) is 0 Å². The molecule has 0 aromatic heterocycles. The number of nitrogens with two attached hydrogens (primary N) is 1. The van der Waals surface area contributed by atoms with E-state index in [4.69, 9.17) is 5.73 Å². The van der Waals surface area contributed by atoms with Crippen LogP contribution in [0.2, 0.25) is 0 Å². The van der Waals surface area contributed by atoms with Gasteiger partial charge in [-0.3, -0.25) is 19.2 Å². The molecule has 0 aliphatic carbocycles. The number of hydrogen-bond acceptors (Lipinski definition) is 5. The number of amides is 4. The molecule has 1 fully saturated rings. The highest BCUT2D eigenvalue weighted by Gasteiger charge is 2.31. The molecule has 0 bridgehead atoms. The lowest BCUT2D eigenvalue weighted by Crippen LogP contribution is -2.56. The van der Waals surface area contributed by atoms with Crippen molar-refractivity contribution in [1.29, 1.82) is 0 Å². The van der Waals surface area contributed by atoms with Crippen molar-refractivity contribution in [3.63, 3.8) is 0 Å². The van der Waals surface area contributed by atoms with Crippen molar-refractivity contribution in [1.82, 2.24) is 16.0 Å². The topological polar surface area (TPSA) is 151 Å². The summed E-state index contributed by atoms with van der Waals surface area (Å²) in [7, 11) is 0. The van der Waals surface area contributed by atoms with Crippen molar-refractivity contribution in [3.8, 4) is 0 Å². The smallest absolute Gasteiger partial charge is 0.245 e. The zero-order chi connectivity index (χ0) is 17.6. The molecule has 4 amide bonds. The monoisotopic (exact) mass is 328 g/mol.